The van der Waals surface area contributed by atoms with E-state index in [0.29, 0.717) is 11.7 Å². The molecule has 0 bridgehead atoms. The highest BCUT2D eigenvalue weighted by atomic mass is 32.1. The van der Waals surface area contributed by atoms with Crippen molar-refractivity contribution in [3.63, 3.8) is 0 Å². The lowest BCUT2D eigenvalue weighted by Crippen LogP contribution is -3.07. The van der Waals surface area contributed by atoms with E-state index in [9.17, 15) is 0 Å². The van der Waals surface area contributed by atoms with E-state index in [1.54, 1.807) is 6.20 Å². The summed E-state index contributed by atoms with van der Waals surface area (Å²) in [5.41, 5.74) is 2.12. The molecule has 1 aromatic carbocycles. The number of ether oxygens (including phenoxy) is 1. The van der Waals surface area contributed by atoms with Gasteiger partial charge in [0.05, 0.1) is 27.2 Å². The summed E-state index contributed by atoms with van der Waals surface area (Å²) in [7, 11) is 4.25. The minimum absolute atomic E-state index is 0.277. The van der Waals surface area contributed by atoms with Crippen LogP contribution in [0.2, 0.25) is 0 Å². The number of thiocarbonyl (C=S) groups is 1. The van der Waals surface area contributed by atoms with Crippen LogP contribution in [-0.4, -0.2) is 37.3 Å². The molecule has 1 atom stereocenters. The summed E-state index contributed by atoms with van der Waals surface area (Å²) in [5, 5.41) is 7.09. The zero-order valence-electron chi connectivity index (χ0n) is 14.4. The molecule has 24 heavy (non-hydrogen) atoms. The molecule has 0 aliphatic heterocycles. The highest BCUT2D eigenvalue weighted by Crippen LogP contribution is 2.15. The maximum Gasteiger partial charge on any atom is 0.171 e. The Balaban J connectivity index is 1.89. The fourth-order valence-electron chi connectivity index (χ4n) is 2.41. The molecule has 1 unspecified atom stereocenters. The van der Waals surface area contributed by atoms with Crippen molar-refractivity contribution in [2.45, 2.75) is 13.0 Å². The quantitative estimate of drug-likeness (QED) is 0.666. The number of aromatic nitrogens is 1. The predicted octanol–water partition coefficient (Wildman–Crippen LogP) is 1.65. The largest absolute Gasteiger partial charge is 0.494 e. The fraction of sp³-hybridized carbons (Fsp3) is 0.333. The first-order chi connectivity index (χ1) is 11.6. The van der Waals surface area contributed by atoms with Gasteiger partial charge in [0.15, 0.2) is 5.11 Å². The van der Waals surface area contributed by atoms with Crippen molar-refractivity contribution in [1.82, 2.24) is 10.3 Å². The molecule has 5 nitrogen and oxygen atoms in total. The van der Waals surface area contributed by atoms with Crippen LogP contribution in [0.5, 0.6) is 5.75 Å². The van der Waals surface area contributed by atoms with Crippen LogP contribution < -0.4 is 20.3 Å². The van der Waals surface area contributed by atoms with Crippen molar-refractivity contribution in [2.75, 3.05) is 32.6 Å². The first kappa shape index (κ1) is 18.2. The van der Waals surface area contributed by atoms with Crippen LogP contribution in [0.1, 0.15) is 18.5 Å². The molecule has 0 aliphatic rings. The van der Waals surface area contributed by atoms with Crippen molar-refractivity contribution in [1.29, 1.82) is 0 Å². The molecule has 6 heteroatoms. The van der Waals surface area contributed by atoms with E-state index < -0.39 is 0 Å². The maximum atomic E-state index is 5.44. The topological polar surface area (TPSA) is 50.6 Å². The number of likely N-dealkylation sites (N-methyl/N-ethyl adjacent to an activating group) is 1. The van der Waals surface area contributed by atoms with Crippen LogP contribution in [0.4, 0.5) is 5.69 Å². The van der Waals surface area contributed by atoms with Gasteiger partial charge < -0.3 is 20.3 Å². The first-order valence-electron chi connectivity index (χ1n) is 8.07. The summed E-state index contributed by atoms with van der Waals surface area (Å²) in [6, 6.07) is 12.1. The molecule has 1 aromatic heterocycles. The highest BCUT2D eigenvalue weighted by Gasteiger charge is 2.18. The van der Waals surface area contributed by atoms with Gasteiger partial charge in [-0.15, -0.1) is 0 Å². The van der Waals surface area contributed by atoms with E-state index in [1.807, 2.05) is 43.5 Å². The monoisotopic (exact) mass is 345 g/mol. The van der Waals surface area contributed by atoms with E-state index in [-0.39, 0.29) is 6.04 Å². The fourth-order valence-corrected chi connectivity index (χ4v) is 2.61. The van der Waals surface area contributed by atoms with E-state index >= 15 is 0 Å². The van der Waals surface area contributed by atoms with Crippen molar-refractivity contribution in [3.8, 4) is 5.75 Å². The van der Waals surface area contributed by atoms with Crippen molar-refractivity contribution in [2.24, 2.45) is 0 Å². The van der Waals surface area contributed by atoms with Crippen molar-refractivity contribution >= 4 is 23.0 Å². The number of benzene rings is 1. The first-order valence-corrected chi connectivity index (χ1v) is 8.48. The minimum atomic E-state index is 0.277. The molecule has 1 heterocycles. The second kappa shape index (κ2) is 9.20. The molecule has 0 aliphatic carbocycles. The van der Waals surface area contributed by atoms with Gasteiger partial charge in [-0.2, -0.15) is 0 Å². The molecule has 128 valence electrons. The molecular formula is C18H25N4OS+. The maximum absolute atomic E-state index is 5.44. The molecule has 0 fully saturated rings. The molecule has 2 rings (SSSR count). The predicted molar refractivity (Wildman–Crippen MR) is 102 cm³/mol. The zero-order chi connectivity index (χ0) is 17.4. The summed E-state index contributed by atoms with van der Waals surface area (Å²) >= 11 is 5.40. The summed E-state index contributed by atoms with van der Waals surface area (Å²) in [6.45, 7) is 3.36. The Morgan fingerprint density at radius 2 is 2.00 bits per heavy atom. The Bertz CT molecular complexity index is 631. The second-order valence-electron chi connectivity index (χ2n) is 5.71. The third-order valence-corrected chi connectivity index (χ3v) is 3.92. The second-order valence-corrected chi connectivity index (χ2v) is 6.12. The number of nitrogens with one attached hydrogen (secondary N) is 3. The van der Waals surface area contributed by atoms with Crippen LogP contribution in [0.3, 0.4) is 0 Å². The normalized spacial score (nSPS) is 11.8. The average molecular weight is 345 g/mol. The Morgan fingerprint density at radius 1 is 1.25 bits per heavy atom. The van der Waals surface area contributed by atoms with Crippen molar-refractivity contribution in [3.05, 3.63) is 54.4 Å². The Kier molecular flexibility index (Phi) is 6.96. The molecule has 0 saturated carbocycles. The van der Waals surface area contributed by atoms with Gasteiger partial charge in [0.2, 0.25) is 0 Å². The lowest BCUT2D eigenvalue weighted by atomic mass is 10.1. The van der Waals surface area contributed by atoms with E-state index in [1.165, 1.54) is 10.5 Å². The standard InChI is InChI=1S/C18H24N4OS/c1-4-23-16-9-7-15(8-10-16)21-18(24)20-13-17(22(2)3)14-6-5-11-19-12-14/h5-12,17H,4,13H2,1-3H3,(H2,20,21,24)/p+1. The van der Waals surface area contributed by atoms with Gasteiger partial charge in [-0.1, -0.05) is 0 Å². The van der Waals surface area contributed by atoms with Crippen LogP contribution in [0.15, 0.2) is 48.8 Å². The molecule has 0 spiro atoms. The van der Waals surface area contributed by atoms with Crippen LogP contribution in [0, 0.1) is 0 Å². The number of quaternary nitrogens is 1. The van der Waals surface area contributed by atoms with Crippen molar-refractivity contribution < 1.29 is 9.64 Å². The number of anilines is 1. The van der Waals surface area contributed by atoms with E-state index in [4.69, 9.17) is 17.0 Å². The van der Waals surface area contributed by atoms with Gasteiger partial charge in [0, 0.05) is 23.6 Å². The van der Waals surface area contributed by atoms with Gasteiger partial charge >= 0.3 is 0 Å². The summed E-state index contributed by atoms with van der Waals surface area (Å²) < 4.78 is 5.44. The van der Waals surface area contributed by atoms with Crippen LogP contribution in [0.25, 0.3) is 0 Å². The Hall–Kier alpha value is -2.18. The number of hydrogen-bond donors (Lipinski definition) is 3. The molecule has 0 amide bonds. The molecule has 3 N–H and O–H groups in total. The number of nitrogens with zero attached hydrogens (tertiary/aromatic N) is 1. The van der Waals surface area contributed by atoms with Crippen LogP contribution >= 0.6 is 12.2 Å². The zero-order valence-corrected chi connectivity index (χ0v) is 15.2. The SMILES string of the molecule is CCOc1ccc(NC(=S)NCC(c2cccnc2)[NH+](C)C)cc1. The number of pyridine rings is 1. The lowest BCUT2D eigenvalue weighted by molar-refractivity contribution is -0.890. The van der Waals surface area contributed by atoms with Gasteiger partial charge in [-0.25, -0.2) is 0 Å². The van der Waals surface area contributed by atoms with Crippen LogP contribution in [-0.2, 0) is 0 Å². The Labute approximate surface area is 149 Å². The minimum Gasteiger partial charge on any atom is -0.494 e. The van der Waals surface area contributed by atoms with E-state index in [0.717, 1.165) is 18.0 Å². The summed E-state index contributed by atoms with van der Waals surface area (Å²) in [6.07, 6.45) is 3.69. The van der Waals surface area contributed by atoms with E-state index in [2.05, 4.69) is 35.8 Å². The smallest absolute Gasteiger partial charge is 0.171 e. The van der Waals surface area contributed by atoms with Gasteiger partial charge in [0.1, 0.15) is 11.8 Å². The number of rotatable bonds is 7. The average Bonchev–Trinajstić information content (AvgIpc) is 2.58. The summed E-state index contributed by atoms with van der Waals surface area (Å²) in [4.78, 5) is 5.52. The highest BCUT2D eigenvalue weighted by molar-refractivity contribution is 7.80. The van der Waals surface area contributed by atoms with Gasteiger partial charge in [-0.05, 0) is 55.5 Å². The molecule has 0 saturated heterocycles. The Morgan fingerprint density at radius 3 is 2.58 bits per heavy atom. The molecule has 0 radical (unpaired) electrons. The molecular weight excluding hydrogens is 320 g/mol. The van der Waals surface area contributed by atoms with Gasteiger partial charge in [-0.3, -0.25) is 4.98 Å². The third kappa shape index (κ3) is 5.47. The third-order valence-electron chi connectivity index (χ3n) is 3.67. The molecule has 2 aromatic rings. The number of hydrogen-bond acceptors (Lipinski definition) is 3. The van der Waals surface area contributed by atoms with Gasteiger partial charge in [0.25, 0.3) is 0 Å². The summed E-state index contributed by atoms with van der Waals surface area (Å²) in [5.74, 6) is 0.856. The lowest BCUT2D eigenvalue weighted by Gasteiger charge is -2.22.